The van der Waals surface area contributed by atoms with Crippen molar-refractivity contribution < 1.29 is 23.0 Å². The molecule has 26 heavy (non-hydrogen) atoms. The lowest BCUT2D eigenvalue weighted by Gasteiger charge is -2.27. The second-order valence-electron chi connectivity index (χ2n) is 5.90. The van der Waals surface area contributed by atoms with Crippen LogP contribution in [0, 0.1) is 0 Å². The lowest BCUT2D eigenvalue weighted by atomic mass is 10.00. The summed E-state index contributed by atoms with van der Waals surface area (Å²) in [6, 6.07) is 12.6. The summed E-state index contributed by atoms with van der Waals surface area (Å²) in [6.45, 7) is -1.66. The minimum atomic E-state index is -2.92. The molecule has 0 aromatic heterocycles. The molecule has 2 aromatic rings. The fourth-order valence-electron chi connectivity index (χ4n) is 2.94. The van der Waals surface area contributed by atoms with Crippen LogP contribution in [0.4, 0.5) is 8.78 Å². The number of halogens is 2. The smallest absolute Gasteiger partial charge is 0.387 e. The van der Waals surface area contributed by atoms with Gasteiger partial charge in [0, 0.05) is 19.2 Å². The van der Waals surface area contributed by atoms with Gasteiger partial charge in [0.05, 0.1) is 7.11 Å². The molecule has 0 saturated carbocycles. The second-order valence-corrected chi connectivity index (χ2v) is 5.90. The number of nitrogens with zero attached hydrogens (tertiary/aromatic N) is 1. The van der Waals surface area contributed by atoms with Crippen molar-refractivity contribution in [3.8, 4) is 11.5 Å². The molecule has 0 atom stereocenters. The molecular weight excluding hydrogens is 340 g/mol. The van der Waals surface area contributed by atoms with Crippen LogP contribution in [0.2, 0.25) is 0 Å². The van der Waals surface area contributed by atoms with Gasteiger partial charge < -0.3 is 14.4 Å². The third-order valence-corrected chi connectivity index (χ3v) is 4.26. The van der Waals surface area contributed by atoms with Crippen LogP contribution < -0.4 is 9.47 Å². The monoisotopic (exact) mass is 359 g/mol. The second kappa shape index (κ2) is 7.99. The van der Waals surface area contributed by atoms with Gasteiger partial charge in [-0.2, -0.15) is 8.78 Å². The molecule has 0 saturated heterocycles. The summed E-state index contributed by atoms with van der Waals surface area (Å²) in [6.07, 6.45) is 3.96. The van der Waals surface area contributed by atoms with E-state index in [0.717, 1.165) is 12.0 Å². The number of ether oxygens (including phenoxy) is 2. The normalized spacial score (nSPS) is 13.8. The van der Waals surface area contributed by atoms with E-state index in [9.17, 15) is 13.6 Å². The molecule has 0 bridgehead atoms. The number of fused-ring (bicyclic) bond motifs is 1. The van der Waals surface area contributed by atoms with Crippen LogP contribution in [0.15, 0.2) is 48.5 Å². The van der Waals surface area contributed by atoms with Gasteiger partial charge in [-0.1, -0.05) is 30.3 Å². The van der Waals surface area contributed by atoms with Crippen molar-refractivity contribution >= 4 is 12.0 Å². The maximum Gasteiger partial charge on any atom is 0.387 e. The Hall–Kier alpha value is -2.89. The maximum absolute atomic E-state index is 12.4. The zero-order valence-corrected chi connectivity index (χ0v) is 14.3. The first-order valence-corrected chi connectivity index (χ1v) is 8.23. The van der Waals surface area contributed by atoms with Gasteiger partial charge >= 0.3 is 6.61 Å². The maximum atomic E-state index is 12.4. The first-order valence-electron chi connectivity index (χ1n) is 8.23. The van der Waals surface area contributed by atoms with E-state index in [1.807, 2.05) is 18.2 Å². The molecule has 1 aliphatic heterocycles. The average Bonchev–Trinajstić information content (AvgIpc) is 2.66. The number of hydrogen-bond donors (Lipinski definition) is 0. The van der Waals surface area contributed by atoms with E-state index in [1.165, 1.54) is 24.8 Å². The molecule has 4 nitrogen and oxygen atoms in total. The molecule has 0 N–H and O–H groups in total. The largest absolute Gasteiger partial charge is 0.493 e. The number of alkyl halides is 2. The molecule has 6 heteroatoms. The summed E-state index contributed by atoms with van der Waals surface area (Å²) in [5.41, 5.74) is 3.10. The van der Waals surface area contributed by atoms with E-state index in [2.05, 4.69) is 10.8 Å². The quantitative estimate of drug-likeness (QED) is 0.760. The Kier molecular flexibility index (Phi) is 5.51. The number of carbonyl (C=O) groups excluding carboxylic acids is 1. The molecule has 3 rings (SSSR count). The number of carbonyl (C=O) groups is 1. The lowest BCUT2D eigenvalue weighted by molar-refractivity contribution is -0.126. The molecule has 0 radical (unpaired) electrons. The van der Waals surface area contributed by atoms with Crippen molar-refractivity contribution in [1.82, 2.24) is 4.90 Å². The van der Waals surface area contributed by atoms with Crippen molar-refractivity contribution in [2.24, 2.45) is 0 Å². The minimum Gasteiger partial charge on any atom is -0.493 e. The third-order valence-electron chi connectivity index (χ3n) is 4.26. The number of amides is 1. The van der Waals surface area contributed by atoms with Crippen molar-refractivity contribution in [1.29, 1.82) is 0 Å². The number of methoxy groups -OCH3 is 1. The van der Waals surface area contributed by atoms with Gasteiger partial charge in [0.2, 0.25) is 5.91 Å². The number of hydrogen-bond acceptors (Lipinski definition) is 3. The molecule has 1 aliphatic rings. The van der Waals surface area contributed by atoms with E-state index in [0.29, 0.717) is 18.7 Å². The predicted octanol–water partition coefficient (Wildman–Crippen LogP) is 3.89. The summed E-state index contributed by atoms with van der Waals surface area (Å²) in [7, 11) is 1.37. The van der Waals surface area contributed by atoms with Gasteiger partial charge in [-0.3, -0.25) is 4.79 Å². The Balaban J connectivity index is 1.69. The topological polar surface area (TPSA) is 38.8 Å². The van der Waals surface area contributed by atoms with Gasteiger partial charge in [-0.15, -0.1) is 0 Å². The first kappa shape index (κ1) is 17.9. The average molecular weight is 359 g/mol. The standard InChI is InChI=1S/C20H19F2NO3/c1-25-18-12-14(6-8-17(18)26-20(21)22)7-9-19(24)23-11-10-15-4-2-3-5-16(15)13-23/h2-9,12,20H,10-11,13H2,1H3/b9-7+. The fraction of sp³-hybridized carbons (Fsp3) is 0.250. The Morgan fingerprint density at radius 2 is 1.92 bits per heavy atom. The molecule has 2 aromatic carbocycles. The molecule has 136 valence electrons. The molecule has 0 spiro atoms. The summed E-state index contributed by atoms with van der Waals surface area (Å²) >= 11 is 0. The number of rotatable bonds is 5. The summed E-state index contributed by atoms with van der Waals surface area (Å²) in [5, 5.41) is 0. The zero-order chi connectivity index (χ0) is 18.5. The molecule has 1 amide bonds. The summed E-state index contributed by atoms with van der Waals surface area (Å²) in [5.74, 6) is 0.0526. The Labute approximate surface area is 150 Å². The third kappa shape index (κ3) is 4.20. The number of benzene rings is 2. The van der Waals surface area contributed by atoms with E-state index < -0.39 is 6.61 Å². The minimum absolute atomic E-state index is 0.0429. The van der Waals surface area contributed by atoms with Gasteiger partial charge in [-0.05, 0) is 41.3 Å². The van der Waals surface area contributed by atoms with Crippen LogP contribution in [0.5, 0.6) is 11.5 Å². The molecule has 0 aliphatic carbocycles. The molecule has 0 fully saturated rings. The van der Waals surface area contributed by atoms with Crippen molar-refractivity contribution in [3.05, 3.63) is 65.2 Å². The van der Waals surface area contributed by atoms with Crippen LogP contribution in [0.3, 0.4) is 0 Å². The highest BCUT2D eigenvalue weighted by molar-refractivity contribution is 5.92. The van der Waals surface area contributed by atoms with Gasteiger partial charge in [-0.25, -0.2) is 0 Å². The van der Waals surface area contributed by atoms with Crippen LogP contribution in [0.25, 0.3) is 6.08 Å². The van der Waals surface area contributed by atoms with E-state index in [-0.39, 0.29) is 17.4 Å². The van der Waals surface area contributed by atoms with Gasteiger partial charge in [0.1, 0.15) is 0 Å². The van der Waals surface area contributed by atoms with Crippen LogP contribution >= 0.6 is 0 Å². The van der Waals surface area contributed by atoms with Gasteiger partial charge in [0.15, 0.2) is 11.5 Å². The van der Waals surface area contributed by atoms with Crippen LogP contribution in [0.1, 0.15) is 16.7 Å². The molecular formula is C20H19F2NO3. The summed E-state index contributed by atoms with van der Waals surface area (Å²) < 4.78 is 34.2. The first-order chi connectivity index (χ1) is 12.6. The van der Waals surface area contributed by atoms with Gasteiger partial charge in [0.25, 0.3) is 0 Å². The zero-order valence-electron chi connectivity index (χ0n) is 14.3. The van der Waals surface area contributed by atoms with Crippen molar-refractivity contribution in [2.45, 2.75) is 19.6 Å². The highest BCUT2D eigenvalue weighted by Gasteiger charge is 2.18. The van der Waals surface area contributed by atoms with E-state index in [1.54, 1.807) is 23.1 Å². The van der Waals surface area contributed by atoms with E-state index >= 15 is 0 Å². The predicted molar refractivity (Wildman–Crippen MR) is 94.2 cm³/mol. The Morgan fingerprint density at radius 3 is 2.65 bits per heavy atom. The van der Waals surface area contributed by atoms with Crippen molar-refractivity contribution in [3.63, 3.8) is 0 Å². The Bertz CT molecular complexity index is 820. The highest BCUT2D eigenvalue weighted by Crippen LogP contribution is 2.30. The fourth-order valence-corrected chi connectivity index (χ4v) is 2.94. The SMILES string of the molecule is COc1cc(/C=C/C(=O)N2CCc3ccccc3C2)ccc1OC(F)F. The highest BCUT2D eigenvalue weighted by atomic mass is 19.3. The lowest BCUT2D eigenvalue weighted by Crippen LogP contribution is -2.34. The molecule has 1 heterocycles. The van der Waals surface area contributed by atoms with E-state index in [4.69, 9.17) is 4.74 Å². The molecule has 0 unspecified atom stereocenters. The van der Waals surface area contributed by atoms with Crippen LogP contribution in [-0.2, 0) is 17.8 Å². The van der Waals surface area contributed by atoms with Crippen molar-refractivity contribution in [2.75, 3.05) is 13.7 Å². The van der Waals surface area contributed by atoms with Crippen LogP contribution in [-0.4, -0.2) is 31.1 Å². The Morgan fingerprint density at radius 1 is 1.15 bits per heavy atom. The summed E-state index contributed by atoms with van der Waals surface area (Å²) in [4.78, 5) is 14.2.